The largest absolute Gasteiger partial charge is 0.356 e. The van der Waals surface area contributed by atoms with E-state index in [9.17, 15) is 4.79 Å². The van der Waals surface area contributed by atoms with Crippen LogP contribution < -0.4 is 5.32 Å². The lowest BCUT2D eigenvalue weighted by molar-refractivity contribution is -0.110. The van der Waals surface area contributed by atoms with Crippen molar-refractivity contribution >= 4 is 6.41 Å². The van der Waals surface area contributed by atoms with Gasteiger partial charge in [-0.15, -0.1) is 0 Å². The molecule has 3 fully saturated rings. The van der Waals surface area contributed by atoms with Gasteiger partial charge in [-0.3, -0.25) is 4.79 Å². The first-order valence-electron chi connectivity index (χ1n) is 12.8. The maximum atomic E-state index is 10.9. The van der Waals surface area contributed by atoms with E-state index in [1.165, 1.54) is 64.2 Å². The lowest BCUT2D eigenvalue weighted by atomic mass is 9.47. The van der Waals surface area contributed by atoms with Gasteiger partial charge >= 0.3 is 0 Å². The van der Waals surface area contributed by atoms with Crippen LogP contribution in [0.15, 0.2) is 11.6 Å². The third-order valence-corrected chi connectivity index (χ3v) is 10.2. The van der Waals surface area contributed by atoms with Crippen molar-refractivity contribution < 1.29 is 4.79 Å². The Labute approximate surface area is 179 Å². The van der Waals surface area contributed by atoms with Crippen molar-refractivity contribution in [2.24, 2.45) is 40.4 Å². The normalized spacial score (nSPS) is 43.9. The average molecular weight is 400 g/mol. The van der Waals surface area contributed by atoms with Crippen LogP contribution in [0.4, 0.5) is 0 Å². The molecule has 164 valence electrons. The summed E-state index contributed by atoms with van der Waals surface area (Å²) in [6.45, 7) is 9.98. The summed E-state index contributed by atoms with van der Waals surface area (Å²) in [6.07, 6.45) is 20.0. The van der Waals surface area contributed by atoms with Gasteiger partial charge in [-0.2, -0.15) is 0 Å². The topological polar surface area (TPSA) is 29.1 Å². The van der Waals surface area contributed by atoms with E-state index >= 15 is 0 Å². The lowest BCUT2D eigenvalue weighted by Gasteiger charge is -2.58. The number of carbonyl (C=O) groups is 1. The molecule has 0 radical (unpaired) electrons. The molecule has 4 rings (SSSR count). The Bertz CT molecular complexity index is 624. The van der Waals surface area contributed by atoms with E-state index in [1.807, 2.05) is 0 Å². The summed E-state index contributed by atoms with van der Waals surface area (Å²) in [5, 5.41) is 3.07. The first-order valence-corrected chi connectivity index (χ1v) is 12.8. The second kappa shape index (κ2) is 8.39. The Hall–Kier alpha value is -0.790. The highest BCUT2D eigenvalue weighted by molar-refractivity contribution is 5.47. The van der Waals surface area contributed by atoms with E-state index in [1.54, 1.807) is 5.57 Å². The monoisotopic (exact) mass is 399 g/mol. The highest BCUT2D eigenvalue weighted by atomic mass is 16.1. The molecule has 7 unspecified atom stereocenters. The van der Waals surface area contributed by atoms with Crippen LogP contribution in [0, 0.1) is 40.4 Å². The van der Waals surface area contributed by atoms with E-state index in [0.717, 1.165) is 48.8 Å². The fourth-order valence-electron chi connectivity index (χ4n) is 8.43. The summed E-state index contributed by atoms with van der Waals surface area (Å²) in [5.74, 6) is 4.59. The molecule has 0 spiro atoms. The zero-order chi connectivity index (χ0) is 20.6. The number of amides is 1. The van der Waals surface area contributed by atoms with Gasteiger partial charge in [0.25, 0.3) is 0 Å². The van der Waals surface area contributed by atoms with Crippen LogP contribution in [0.25, 0.3) is 0 Å². The summed E-state index contributed by atoms with van der Waals surface area (Å²) in [5.41, 5.74) is 2.69. The van der Waals surface area contributed by atoms with E-state index in [4.69, 9.17) is 0 Å². The molecule has 0 aromatic rings. The van der Waals surface area contributed by atoms with Crippen molar-refractivity contribution in [1.82, 2.24) is 5.32 Å². The van der Waals surface area contributed by atoms with Gasteiger partial charge in [-0.25, -0.2) is 0 Å². The molecule has 1 amide bonds. The van der Waals surface area contributed by atoms with Crippen molar-refractivity contribution in [3.63, 3.8) is 0 Å². The summed E-state index contributed by atoms with van der Waals surface area (Å²) in [7, 11) is 0. The SMILES string of the molecule is CC(C)CCCCC1CCC2C3CC=C4CC(NC=O)CCC4(C)C3CCC12C. The zero-order valence-corrected chi connectivity index (χ0v) is 19.5. The molecule has 0 aliphatic heterocycles. The first kappa shape index (κ1) is 21.4. The Kier molecular flexibility index (Phi) is 6.20. The van der Waals surface area contributed by atoms with E-state index in [2.05, 4.69) is 39.1 Å². The van der Waals surface area contributed by atoms with Gasteiger partial charge in [0.15, 0.2) is 0 Å². The van der Waals surface area contributed by atoms with Crippen molar-refractivity contribution in [3.05, 3.63) is 11.6 Å². The molecule has 0 saturated heterocycles. The second-order valence-corrected chi connectivity index (χ2v) is 12.0. The van der Waals surface area contributed by atoms with Crippen molar-refractivity contribution in [1.29, 1.82) is 0 Å². The Balaban J connectivity index is 1.44. The van der Waals surface area contributed by atoms with Crippen molar-refractivity contribution in [2.75, 3.05) is 0 Å². The minimum absolute atomic E-state index is 0.374. The fraction of sp³-hybridized carbons (Fsp3) is 0.889. The van der Waals surface area contributed by atoms with Crippen LogP contribution >= 0.6 is 0 Å². The van der Waals surface area contributed by atoms with Gasteiger partial charge in [-0.1, -0.05) is 58.6 Å². The number of fused-ring (bicyclic) bond motifs is 5. The predicted molar refractivity (Wildman–Crippen MR) is 121 cm³/mol. The number of nitrogens with one attached hydrogen (secondary N) is 1. The lowest BCUT2D eigenvalue weighted by Crippen LogP contribution is -2.51. The van der Waals surface area contributed by atoms with Gasteiger partial charge in [0.1, 0.15) is 0 Å². The van der Waals surface area contributed by atoms with Gasteiger partial charge in [0.2, 0.25) is 6.41 Å². The molecule has 0 aromatic carbocycles. The van der Waals surface area contributed by atoms with Crippen LogP contribution in [0.3, 0.4) is 0 Å². The van der Waals surface area contributed by atoms with Gasteiger partial charge in [0, 0.05) is 6.04 Å². The molecule has 2 heteroatoms. The molecular formula is C27H45NO. The molecule has 0 aromatic heterocycles. The van der Waals surface area contributed by atoms with E-state index in [-0.39, 0.29) is 0 Å². The molecule has 4 aliphatic carbocycles. The average Bonchev–Trinajstić information content (AvgIpc) is 3.02. The van der Waals surface area contributed by atoms with Crippen LogP contribution in [-0.4, -0.2) is 12.5 Å². The van der Waals surface area contributed by atoms with Crippen LogP contribution in [0.5, 0.6) is 0 Å². The maximum Gasteiger partial charge on any atom is 0.207 e. The quantitative estimate of drug-likeness (QED) is 0.282. The van der Waals surface area contributed by atoms with E-state index in [0.29, 0.717) is 16.9 Å². The number of unbranched alkanes of at least 4 members (excludes halogenated alkanes) is 1. The first-order chi connectivity index (χ1) is 13.9. The molecule has 7 atom stereocenters. The molecule has 0 heterocycles. The van der Waals surface area contributed by atoms with Gasteiger partial charge in [0.05, 0.1) is 0 Å². The van der Waals surface area contributed by atoms with Crippen molar-refractivity contribution in [2.45, 2.75) is 111 Å². The van der Waals surface area contributed by atoms with Crippen LogP contribution in [0.2, 0.25) is 0 Å². The maximum absolute atomic E-state index is 10.9. The third-order valence-electron chi connectivity index (χ3n) is 10.2. The summed E-state index contributed by atoms with van der Waals surface area (Å²) >= 11 is 0. The van der Waals surface area contributed by atoms with Crippen LogP contribution in [-0.2, 0) is 4.79 Å². The molecule has 2 nitrogen and oxygen atoms in total. The number of hydrogen-bond donors (Lipinski definition) is 1. The number of allylic oxidation sites excluding steroid dienone is 1. The summed E-state index contributed by atoms with van der Waals surface area (Å²) < 4.78 is 0. The number of rotatable bonds is 7. The molecule has 4 aliphatic rings. The highest BCUT2D eigenvalue weighted by Gasteiger charge is 2.58. The van der Waals surface area contributed by atoms with Crippen LogP contribution in [0.1, 0.15) is 105 Å². The molecule has 29 heavy (non-hydrogen) atoms. The zero-order valence-electron chi connectivity index (χ0n) is 19.5. The molecule has 1 N–H and O–H groups in total. The minimum atomic E-state index is 0.374. The van der Waals surface area contributed by atoms with Gasteiger partial charge < -0.3 is 5.32 Å². The summed E-state index contributed by atoms with van der Waals surface area (Å²) in [6, 6.07) is 0.374. The molecular weight excluding hydrogens is 354 g/mol. The standard InChI is InChI=1S/C27H45NO/c1-19(2)7-5-6-8-20-10-12-24-23-11-9-21-17-22(28-18-29)13-15-27(21,4)25(23)14-16-26(20,24)3/h9,18-20,22-25H,5-8,10-17H2,1-4H3,(H,28,29). The smallest absolute Gasteiger partial charge is 0.207 e. The third kappa shape index (κ3) is 3.83. The fourth-order valence-corrected chi connectivity index (χ4v) is 8.43. The molecule has 0 bridgehead atoms. The Morgan fingerprint density at radius 3 is 2.69 bits per heavy atom. The van der Waals surface area contributed by atoms with Crippen molar-refractivity contribution in [3.8, 4) is 0 Å². The summed E-state index contributed by atoms with van der Waals surface area (Å²) in [4.78, 5) is 10.9. The molecule has 3 saturated carbocycles. The van der Waals surface area contributed by atoms with Gasteiger partial charge in [-0.05, 0) is 98.2 Å². The Morgan fingerprint density at radius 2 is 1.93 bits per heavy atom. The highest BCUT2D eigenvalue weighted by Crippen LogP contribution is 2.66. The Morgan fingerprint density at radius 1 is 1.10 bits per heavy atom. The predicted octanol–water partition coefficient (Wildman–Crippen LogP) is 6.90. The van der Waals surface area contributed by atoms with E-state index < -0.39 is 0 Å². The number of hydrogen-bond acceptors (Lipinski definition) is 1. The minimum Gasteiger partial charge on any atom is -0.356 e. The second-order valence-electron chi connectivity index (χ2n) is 12.0. The number of carbonyl (C=O) groups excluding carboxylic acids is 1.